The molecule has 1 aromatic rings. The van der Waals surface area contributed by atoms with E-state index >= 15 is 0 Å². The molecule has 1 saturated heterocycles. The Bertz CT molecular complexity index is 358. The molecule has 4 nitrogen and oxygen atoms in total. The summed E-state index contributed by atoms with van der Waals surface area (Å²) in [5.74, 6) is 0.167. The third-order valence-electron chi connectivity index (χ3n) is 3.09. The average Bonchev–Trinajstić information content (AvgIpc) is 2.76. The van der Waals surface area contributed by atoms with Crippen LogP contribution in [0.3, 0.4) is 0 Å². The Balaban J connectivity index is 0.00000162. The summed E-state index contributed by atoms with van der Waals surface area (Å²) in [7, 11) is 0. The third-order valence-corrected chi connectivity index (χ3v) is 3.77. The fourth-order valence-corrected chi connectivity index (χ4v) is 2.78. The maximum atomic E-state index is 12.2. The molecule has 0 saturated carbocycles. The largest absolute Gasteiger partial charge is 0.337 e. The minimum atomic E-state index is 0. The molecule has 18 heavy (non-hydrogen) atoms. The summed E-state index contributed by atoms with van der Waals surface area (Å²) in [4.78, 5) is 16.5. The van der Waals surface area contributed by atoms with Gasteiger partial charge in [0.2, 0.25) is 0 Å². The first-order chi connectivity index (χ1) is 8.31. The molecule has 1 aliphatic heterocycles. The molecule has 1 fully saturated rings. The molecule has 0 spiro atoms. The molecule has 0 unspecified atom stereocenters. The molecule has 1 amide bonds. The monoisotopic (exact) mass is 289 g/mol. The van der Waals surface area contributed by atoms with Gasteiger partial charge in [0.05, 0.1) is 5.56 Å². The second kappa shape index (κ2) is 7.74. The number of amides is 1. The molecule has 0 aliphatic carbocycles. The van der Waals surface area contributed by atoms with Crippen molar-refractivity contribution in [2.45, 2.75) is 6.42 Å². The predicted molar refractivity (Wildman–Crippen MR) is 77.6 cm³/mol. The fourth-order valence-electron chi connectivity index (χ4n) is 2.15. The van der Waals surface area contributed by atoms with Crippen LogP contribution in [0.4, 0.5) is 0 Å². The number of carbonyl (C=O) groups excluding carboxylic acids is 1. The zero-order chi connectivity index (χ0) is 12.1. The molecule has 1 aromatic heterocycles. The van der Waals surface area contributed by atoms with Crippen molar-refractivity contribution >= 4 is 29.7 Å². The van der Waals surface area contributed by atoms with Crippen molar-refractivity contribution in [1.29, 1.82) is 0 Å². The number of carbonyl (C=O) groups is 1. The van der Waals surface area contributed by atoms with E-state index in [0.717, 1.165) is 44.7 Å². The van der Waals surface area contributed by atoms with E-state index < -0.39 is 0 Å². The van der Waals surface area contributed by atoms with Crippen LogP contribution in [-0.2, 0) is 0 Å². The maximum absolute atomic E-state index is 12.2. The van der Waals surface area contributed by atoms with E-state index in [0.29, 0.717) is 6.54 Å². The van der Waals surface area contributed by atoms with E-state index in [1.165, 1.54) is 0 Å². The topological polar surface area (TPSA) is 49.6 Å². The zero-order valence-corrected chi connectivity index (χ0v) is 12.0. The van der Waals surface area contributed by atoms with Gasteiger partial charge in [0.15, 0.2) is 0 Å². The number of hydrogen-bond donors (Lipinski definition) is 1. The zero-order valence-electron chi connectivity index (χ0n) is 10.4. The molecule has 0 radical (unpaired) electrons. The molecule has 0 bridgehead atoms. The molecule has 6 heteroatoms. The first-order valence-electron chi connectivity index (χ1n) is 6.05. The van der Waals surface area contributed by atoms with E-state index in [-0.39, 0.29) is 18.3 Å². The summed E-state index contributed by atoms with van der Waals surface area (Å²) in [6.45, 7) is 5.28. The Kier molecular flexibility index (Phi) is 6.63. The first kappa shape index (κ1) is 15.4. The highest BCUT2D eigenvalue weighted by atomic mass is 35.5. The minimum Gasteiger partial charge on any atom is -0.337 e. The fraction of sp³-hybridized carbons (Fsp3) is 0.583. The quantitative estimate of drug-likeness (QED) is 0.912. The molecular formula is C12H20ClN3OS. The Morgan fingerprint density at radius 3 is 2.83 bits per heavy atom. The van der Waals surface area contributed by atoms with E-state index in [2.05, 4.69) is 4.90 Å². The van der Waals surface area contributed by atoms with Gasteiger partial charge in [0.25, 0.3) is 5.91 Å². The van der Waals surface area contributed by atoms with Gasteiger partial charge in [-0.2, -0.15) is 11.3 Å². The molecule has 2 heterocycles. The number of rotatable bonds is 3. The Morgan fingerprint density at radius 2 is 2.17 bits per heavy atom. The molecular weight excluding hydrogens is 270 g/mol. The van der Waals surface area contributed by atoms with Crippen molar-refractivity contribution in [3.63, 3.8) is 0 Å². The summed E-state index contributed by atoms with van der Waals surface area (Å²) in [6.07, 6.45) is 1.04. The molecule has 102 valence electrons. The van der Waals surface area contributed by atoms with Crippen LogP contribution in [0.2, 0.25) is 0 Å². The van der Waals surface area contributed by atoms with Crippen LogP contribution in [0.25, 0.3) is 0 Å². The van der Waals surface area contributed by atoms with E-state index in [1.54, 1.807) is 11.3 Å². The number of thiophene rings is 1. The van der Waals surface area contributed by atoms with Crippen molar-refractivity contribution in [3.05, 3.63) is 22.4 Å². The Labute approximate surface area is 118 Å². The Hall–Kier alpha value is -0.620. The Morgan fingerprint density at radius 1 is 1.33 bits per heavy atom. The molecule has 0 aromatic carbocycles. The smallest absolute Gasteiger partial charge is 0.254 e. The molecule has 0 atom stereocenters. The summed E-state index contributed by atoms with van der Waals surface area (Å²) in [5.41, 5.74) is 6.38. The number of halogens is 1. The lowest BCUT2D eigenvalue weighted by Crippen LogP contribution is -2.36. The van der Waals surface area contributed by atoms with Gasteiger partial charge in [-0.15, -0.1) is 12.4 Å². The maximum Gasteiger partial charge on any atom is 0.254 e. The number of nitrogens with two attached hydrogens (primary N) is 1. The highest BCUT2D eigenvalue weighted by molar-refractivity contribution is 7.08. The van der Waals surface area contributed by atoms with Gasteiger partial charge in [0.1, 0.15) is 0 Å². The van der Waals surface area contributed by atoms with Crippen LogP contribution in [0, 0.1) is 0 Å². The van der Waals surface area contributed by atoms with E-state index in [1.807, 2.05) is 21.7 Å². The van der Waals surface area contributed by atoms with Crippen LogP contribution >= 0.6 is 23.7 Å². The van der Waals surface area contributed by atoms with Crippen molar-refractivity contribution < 1.29 is 4.79 Å². The number of hydrogen-bond acceptors (Lipinski definition) is 4. The van der Waals surface area contributed by atoms with Crippen LogP contribution in [0.1, 0.15) is 16.8 Å². The predicted octanol–water partition coefficient (Wildman–Crippen LogP) is 1.28. The van der Waals surface area contributed by atoms with Crippen molar-refractivity contribution in [1.82, 2.24) is 9.80 Å². The van der Waals surface area contributed by atoms with E-state index in [4.69, 9.17) is 5.73 Å². The van der Waals surface area contributed by atoms with Crippen molar-refractivity contribution in [2.24, 2.45) is 5.73 Å². The van der Waals surface area contributed by atoms with Crippen molar-refractivity contribution in [3.8, 4) is 0 Å². The normalized spacial score (nSPS) is 17.1. The first-order valence-corrected chi connectivity index (χ1v) is 6.99. The second-order valence-electron chi connectivity index (χ2n) is 4.29. The SMILES string of the molecule is Cl.NCCN1CCCN(C(=O)c2ccsc2)CC1. The summed E-state index contributed by atoms with van der Waals surface area (Å²) in [5, 5.41) is 3.87. The molecule has 1 aliphatic rings. The van der Waals surface area contributed by atoms with Crippen LogP contribution in [0.15, 0.2) is 16.8 Å². The molecule has 2 N–H and O–H groups in total. The second-order valence-corrected chi connectivity index (χ2v) is 5.07. The lowest BCUT2D eigenvalue weighted by molar-refractivity contribution is 0.0762. The highest BCUT2D eigenvalue weighted by Crippen LogP contribution is 2.11. The lowest BCUT2D eigenvalue weighted by Gasteiger charge is -2.21. The van der Waals surface area contributed by atoms with Gasteiger partial charge in [-0.1, -0.05) is 0 Å². The van der Waals surface area contributed by atoms with Crippen LogP contribution < -0.4 is 5.73 Å². The van der Waals surface area contributed by atoms with Gasteiger partial charge >= 0.3 is 0 Å². The van der Waals surface area contributed by atoms with Gasteiger partial charge in [-0.05, 0) is 24.4 Å². The average molecular weight is 290 g/mol. The standard InChI is InChI=1S/C12H19N3OS.ClH/c13-3-6-14-4-1-5-15(8-7-14)12(16)11-2-9-17-10-11;/h2,9-10H,1,3-8,13H2;1H. The van der Waals surface area contributed by atoms with Crippen LogP contribution in [-0.4, -0.2) is 55.0 Å². The molecule has 2 rings (SSSR count). The van der Waals surface area contributed by atoms with Gasteiger partial charge in [0, 0.05) is 38.1 Å². The summed E-state index contributed by atoms with van der Waals surface area (Å²) >= 11 is 1.57. The van der Waals surface area contributed by atoms with E-state index in [9.17, 15) is 4.79 Å². The number of nitrogens with zero attached hydrogens (tertiary/aromatic N) is 2. The summed E-state index contributed by atoms with van der Waals surface area (Å²) < 4.78 is 0. The van der Waals surface area contributed by atoms with Gasteiger partial charge in [-0.3, -0.25) is 4.79 Å². The minimum absolute atomic E-state index is 0. The van der Waals surface area contributed by atoms with Gasteiger partial charge in [-0.25, -0.2) is 0 Å². The highest BCUT2D eigenvalue weighted by Gasteiger charge is 2.19. The summed E-state index contributed by atoms with van der Waals surface area (Å²) in [6, 6.07) is 1.90. The lowest BCUT2D eigenvalue weighted by atomic mass is 10.3. The van der Waals surface area contributed by atoms with Crippen LogP contribution in [0.5, 0.6) is 0 Å². The third kappa shape index (κ3) is 3.95. The van der Waals surface area contributed by atoms with Crippen molar-refractivity contribution in [2.75, 3.05) is 39.3 Å². The van der Waals surface area contributed by atoms with Gasteiger partial charge < -0.3 is 15.5 Å².